The van der Waals surface area contributed by atoms with Crippen LogP contribution in [-0.4, -0.2) is 34.0 Å². The third-order valence-electron chi connectivity index (χ3n) is 6.54. The van der Waals surface area contributed by atoms with E-state index in [1.165, 1.54) is 18.4 Å². The summed E-state index contributed by atoms with van der Waals surface area (Å²) in [5.41, 5.74) is 4.29. The van der Waals surface area contributed by atoms with Crippen LogP contribution in [0.4, 0.5) is 0 Å². The summed E-state index contributed by atoms with van der Waals surface area (Å²) in [5.74, 6) is 2.19. The zero-order valence-electron chi connectivity index (χ0n) is 18.9. The van der Waals surface area contributed by atoms with Crippen LogP contribution < -0.4 is 10.1 Å². The molecule has 2 heterocycles. The highest BCUT2D eigenvalue weighted by molar-refractivity contribution is 5.78. The summed E-state index contributed by atoms with van der Waals surface area (Å²) in [7, 11) is 0. The van der Waals surface area contributed by atoms with Gasteiger partial charge in [0.1, 0.15) is 0 Å². The topological polar surface area (TPSA) is 77.0 Å². The highest BCUT2D eigenvalue weighted by Gasteiger charge is 2.28. The molecule has 1 unspecified atom stereocenters. The van der Waals surface area contributed by atoms with E-state index in [1.54, 1.807) is 12.4 Å². The molecule has 0 saturated heterocycles. The Morgan fingerprint density at radius 3 is 2.55 bits per heavy atom. The number of carbonyl (C=O) groups excluding carboxylic acids is 1. The molecule has 33 heavy (non-hydrogen) atoms. The lowest BCUT2D eigenvalue weighted by molar-refractivity contribution is -0.125. The Morgan fingerprint density at radius 1 is 0.970 bits per heavy atom. The minimum atomic E-state index is -0.0203. The molecule has 1 fully saturated rings. The first-order chi connectivity index (χ1) is 16.3. The second-order valence-electron chi connectivity index (χ2n) is 9.07. The van der Waals surface area contributed by atoms with Gasteiger partial charge in [0, 0.05) is 36.0 Å². The summed E-state index contributed by atoms with van der Waals surface area (Å²) >= 11 is 0. The molecule has 1 amide bonds. The summed E-state index contributed by atoms with van der Waals surface area (Å²) in [5, 5.41) is 3.13. The van der Waals surface area contributed by atoms with Crippen LogP contribution >= 0.6 is 0 Å². The lowest BCUT2D eigenvalue weighted by Gasteiger charge is -2.14. The van der Waals surface area contributed by atoms with Crippen molar-refractivity contribution in [3.63, 3.8) is 0 Å². The molecule has 1 N–H and O–H groups in total. The van der Waals surface area contributed by atoms with Gasteiger partial charge in [-0.3, -0.25) is 9.78 Å². The average Bonchev–Trinajstić information content (AvgIpc) is 3.70. The predicted octanol–water partition coefficient (Wildman–Crippen LogP) is 4.18. The summed E-state index contributed by atoms with van der Waals surface area (Å²) in [6, 6.07) is 14.0. The number of hydrogen-bond donors (Lipinski definition) is 1. The van der Waals surface area contributed by atoms with E-state index in [0.717, 1.165) is 55.5 Å². The predicted molar refractivity (Wildman–Crippen MR) is 127 cm³/mol. The quantitative estimate of drug-likeness (QED) is 0.530. The molecule has 2 aliphatic rings. The first-order valence-corrected chi connectivity index (χ1v) is 12.0. The molecule has 6 nitrogen and oxygen atoms in total. The molecule has 0 radical (unpaired) electrons. The van der Waals surface area contributed by atoms with E-state index in [-0.39, 0.29) is 11.8 Å². The first kappa shape index (κ1) is 21.6. The number of hydrogen-bond acceptors (Lipinski definition) is 5. The van der Waals surface area contributed by atoms with E-state index >= 15 is 0 Å². The summed E-state index contributed by atoms with van der Waals surface area (Å²) < 4.78 is 6.20. The van der Waals surface area contributed by atoms with Crippen molar-refractivity contribution in [3.8, 4) is 17.3 Å². The SMILES string of the molecule is O=C(NCCc1ccncc1)C1CCc2nc(-c3ccccc3)nc(OCC3CC3)c2CC1. The van der Waals surface area contributed by atoms with E-state index in [0.29, 0.717) is 24.2 Å². The Morgan fingerprint density at radius 2 is 1.76 bits per heavy atom. The van der Waals surface area contributed by atoms with Crippen molar-refractivity contribution >= 4 is 5.91 Å². The van der Waals surface area contributed by atoms with E-state index in [2.05, 4.69) is 10.3 Å². The average molecular weight is 443 g/mol. The van der Waals surface area contributed by atoms with Crippen molar-refractivity contribution in [1.82, 2.24) is 20.3 Å². The van der Waals surface area contributed by atoms with Crippen molar-refractivity contribution < 1.29 is 9.53 Å². The Labute approximate surface area is 194 Å². The second kappa shape index (κ2) is 10.1. The van der Waals surface area contributed by atoms with Crippen LogP contribution in [0.5, 0.6) is 5.88 Å². The molecular formula is C27H30N4O2. The van der Waals surface area contributed by atoms with Crippen LogP contribution in [0, 0.1) is 11.8 Å². The number of rotatable bonds is 8. The zero-order valence-corrected chi connectivity index (χ0v) is 18.9. The Kier molecular flexibility index (Phi) is 6.61. The van der Waals surface area contributed by atoms with Gasteiger partial charge in [0.2, 0.25) is 11.8 Å². The molecule has 2 aromatic heterocycles. The molecule has 1 saturated carbocycles. The summed E-state index contributed by atoms with van der Waals surface area (Å²) in [6.45, 7) is 1.36. The molecular weight excluding hydrogens is 412 g/mol. The number of nitrogens with one attached hydrogen (secondary N) is 1. The molecule has 1 atom stereocenters. The van der Waals surface area contributed by atoms with E-state index in [9.17, 15) is 4.79 Å². The Balaban J connectivity index is 1.28. The monoisotopic (exact) mass is 442 g/mol. The Hall–Kier alpha value is -3.28. The third kappa shape index (κ3) is 5.56. The van der Waals surface area contributed by atoms with Gasteiger partial charge in [-0.2, -0.15) is 4.98 Å². The van der Waals surface area contributed by atoms with E-state index in [1.807, 2.05) is 42.5 Å². The molecule has 3 aromatic rings. The standard InChI is InChI=1S/C27H30N4O2/c32-26(29-17-14-19-12-15-28-16-13-19)22-8-10-23-24(11-9-22)30-25(21-4-2-1-3-5-21)31-27(23)33-18-20-6-7-20/h1-5,12-13,15-16,20,22H,6-11,14,17-18H2,(H,29,32). The van der Waals surface area contributed by atoms with Gasteiger partial charge in [-0.05, 0) is 68.6 Å². The molecule has 0 bridgehead atoms. The highest BCUT2D eigenvalue weighted by Crippen LogP contribution is 2.34. The summed E-state index contributed by atoms with van der Waals surface area (Å²) in [4.78, 5) is 26.7. The van der Waals surface area contributed by atoms with Gasteiger partial charge in [-0.25, -0.2) is 4.98 Å². The molecule has 6 heteroatoms. The van der Waals surface area contributed by atoms with Gasteiger partial charge < -0.3 is 10.1 Å². The third-order valence-corrected chi connectivity index (χ3v) is 6.54. The zero-order chi connectivity index (χ0) is 22.5. The minimum Gasteiger partial charge on any atom is -0.477 e. The number of aryl methyl sites for hydroxylation is 1. The summed E-state index contributed by atoms with van der Waals surface area (Å²) in [6.07, 6.45) is 9.98. The number of pyridine rings is 1. The molecule has 2 aliphatic carbocycles. The molecule has 1 aromatic carbocycles. The number of fused-ring (bicyclic) bond motifs is 1. The number of benzene rings is 1. The number of ether oxygens (including phenoxy) is 1. The lowest BCUT2D eigenvalue weighted by Crippen LogP contribution is -2.32. The van der Waals surface area contributed by atoms with Crippen LogP contribution in [0.15, 0.2) is 54.9 Å². The van der Waals surface area contributed by atoms with Crippen molar-refractivity contribution in [2.45, 2.75) is 44.9 Å². The maximum Gasteiger partial charge on any atom is 0.223 e. The van der Waals surface area contributed by atoms with Crippen LogP contribution in [0.2, 0.25) is 0 Å². The fourth-order valence-corrected chi connectivity index (χ4v) is 4.34. The smallest absolute Gasteiger partial charge is 0.223 e. The lowest BCUT2D eigenvalue weighted by atomic mass is 9.98. The van der Waals surface area contributed by atoms with Crippen molar-refractivity contribution in [2.24, 2.45) is 11.8 Å². The normalized spacial score (nSPS) is 17.6. The fourth-order valence-electron chi connectivity index (χ4n) is 4.34. The largest absolute Gasteiger partial charge is 0.477 e. The number of amides is 1. The first-order valence-electron chi connectivity index (χ1n) is 12.0. The van der Waals surface area contributed by atoms with Crippen LogP contribution in [0.3, 0.4) is 0 Å². The van der Waals surface area contributed by atoms with E-state index < -0.39 is 0 Å². The maximum absolute atomic E-state index is 12.9. The van der Waals surface area contributed by atoms with Gasteiger partial charge in [0.05, 0.1) is 12.3 Å². The van der Waals surface area contributed by atoms with Crippen LogP contribution in [0.25, 0.3) is 11.4 Å². The highest BCUT2D eigenvalue weighted by atomic mass is 16.5. The van der Waals surface area contributed by atoms with Gasteiger partial charge in [0.15, 0.2) is 5.82 Å². The van der Waals surface area contributed by atoms with Crippen molar-refractivity contribution in [3.05, 3.63) is 71.7 Å². The maximum atomic E-state index is 12.9. The number of aromatic nitrogens is 3. The minimum absolute atomic E-state index is 0.0203. The molecule has 0 spiro atoms. The Bertz CT molecular complexity index is 1080. The van der Waals surface area contributed by atoms with Crippen molar-refractivity contribution in [1.29, 1.82) is 0 Å². The van der Waals surface area contributed by atoms with Crippen molar-refractivity contribution in [2.75, 3.05) is 13.2 Å². The molecule has 0 aliphatic heterocycles. The molecule has 5 rings (SSSR count). The van der Waals surface area contributed by atoms with E-state index in [4.69, 9.17) is 14.7 Å². The number of carbonyl (C=O) groups is 1. The van der Waals surface area contributed by atoms with Gasteiger partial charge in [-0.1, -0.05) is 30.3 Å². The van der Waals surface area contributed by atoms with Crippen LogP contribution in [0.1, 0.15) is 42.5 Å². The number of nitrogens with zero attached hydrogens (tertiary/aromatic N) is 3. The van der Waals surface area contributed by atoms with Gasteiger partial charge in [-0.15, -0.1) is 0 Å². The fraction of sp³-hybridized carbons (Fsp3) is 0.407. The van der Waals surface area contributed by atoms with Gasteiger partial charge in [0.25, 0.3) is 0 Å². The van der Waals surface area contributed by atoms with Crippen LogP contribution in [-0.2, 0) is 24.1 Å². The van der Waals surface area contributed by atoms with Gasteiger partial charge >= 0.3 is 0 Å². The second-order valence-corrected chi connectivity index (χ2v) is 9.07. The molecule has 170 valence electrons.